The lowest BCUT2D eigenvalue weighted by Gasteiger charge is -1.99. The van der Waals surface area contributed by atoms with Gasteiger partial charge in [0.25, 0.3) is 0 Å². The SMILES string of the molecule is COC1[N]CC=N1. The smallest absolute Gasteiger partial charge is 0.219 e. The van der Waals surface area contributed by atoms with E-state index in [2.05, 4.69) is 10.3 Å². The quantitative estimate of drug-likeness (QED) is 0.440. The summed E-state index contributed by atoms with van der Waals surface area (Å²) in [6, 6.07) is 0. The Bertz CT molecular complexity index is 81.8. The fourth-order valence-corrected chi connectivity index (χ4v) is 0.457. The van der Waals surface area contributed by atoms with Gasteiger partial charge in [-0.3, -0.25) is 0 Å². The number of hydrogen-bond donors (Lipinski definition) is 0. The summed E-state index contributed by atoms with van der Waals surface area (Å²) in [6.45, 7) is 0.707. The molecule has 0 aromatic rings. The van der Waals surface area contributed by atoms with Gasteiger partial charge in [-0.2, -0.15) is 5.32 Å². The lowest BCUT2D eigenvalue weighted by atomic mass is 10.8. The number of nitrogens with zero attached hydrogens (tertiary/aromatic N) is 2. The molecule has 1 heterocycles. The Labute approximate surface area is 42.4 Å². The van der Waals surface area contributed by atoms with Gasteiger partial charge in [0.15, 0.2) is 0 Å². The van der Waals surface area contributed by atoms with Crippen LogP contribution in [0.4, 0.5) is 0 Å². The molecule has 0 N–H and O–H groups in total. The predicted molar refractivity (Wildman–Crippen MR) is 26.3 cm³/mol. The first-order valence-electron chi connectivity index (χ1n) is 2.14. The van der Waals surface area contributed by atoms with Gasteiger partial charge in [-0.25, -0.2) is 4.99 Å². The number of ether oxygens (including phenoxy) is 1. The van der Waals surface area contributed by atoms with Gasteiger partial charge in [-0.1, -0.05) is 0 Å². The molecule has 0 aromatic heterocycles. The van der Waals surface area contributed by atoms with Gasteiger partial charge in [0, 0.05) is 13.3 Å². The molecule has 0 fully saturated rings. The summed E-state index contributed by atoms with van der Waals surface area (Å²) in [5.74, 6) is 0. The van der Waals surface area contributed by atoms with Crippen LogP contribution in [-0.2, 0) is 4.74 Å². The number of methoxy groups -OCH3 is 1. The van der Waals surface area contributed by atoms with E-state index in [1.54, 1.807) is 13.3 Å². The van der Waals surface area contributed by atoms with Gasteiger partial charge >= 0.3 is 0 Å². The largest absolute Gasteiger partial charge is 0.346 e. The van der Waals surface area contributed by atoms with E-state index in [1.165, 1.54) is 0 Å². The Kier molecular flexibility index (Phi) is 1.38. The fourth-order valence-electron chi connectivity index (χ4n) is 0.457. The molecule has 1 atom stereocenters. The zero-order valence-corrected chi connectivity index (χ0v) is 4.16. The van der Waals surface area contributed by atoms with Crippen molar-refractivity contribution in [3.05, 3.63) is 0 Å². The third kappa shape index (κ3) is 0.976. The topological polar surface area (TPSA) is 35.7 Å². The van der Waals surface area contributed by atoms with Crippen molar-refractivity contribution in [1.29, 1.82) is 0 Å². The molecule has 1 radical (unpaired) electrons. The summed E-state index contributed by atoms with van der Waals surface area (Å²) in [5.41, 5.74) is 0. The fraction of sp³-hybridized carbons (Fsp3) is 0.750. The third-order valence-electron chi connectivity index (χ3n) is 0.787. The molecule has 1 aliphatic heterocycles. The van der Waals surface area contributed by atoms with E-state index in [-0.39, 0.29) is 6.35 Å². The summed E-state index contributed by atoms with van der Waals surface area (Å²) < 4.78 is 4.75. The highest BCUT2D eigenvalue weighted by Crippen LogP contribution is 1.91. The maximum absolute atomic E-state index is 4.75. The maximum atomic E-state index is 4.75. The Morgan fingerprint density at radius 3 is 3.00 bits per heavy atom. The molecule has 0 saturated carbocycles. The van der Waals surface area contributed by atoms with Gasteiger partial charge in [-0.05, 0) is 0 Å². The summed E-state index contributed by atoms with van der Waals surface area (Å²) in [4.78, 5) is 3.84. The molecule has 1 rings (SSSR count). The van der Waals surface area contributed by atoms with Gasteiger partial charge in [0.05, 0.1) is 6.54 Å². The lowest BCUT2D eigenvalue weighted by Crippen LogP contribution is -2.15. The van der Waals surface area contributed by atoms with Gasteiger partial charge in [0.2, 0.25) is 6.35 Å². The molecule has 0 aliphatic carbocycles. The van der Waals surface area contributed by atoms with Crippen molar-refractivity contribution in [2.75, 3.05) is 13.7 Å². The molecule has 1 aliphatic rings. The van der Waals surface area contributed by atoms with E-state index in [4.69, 9.17) is 4.74 Å². The van der Waals surface area contributed by atoms with Crippen LogP contribution in [0.15, 0.2) is 4.99 Å². The van der Waals surface area contributed by atoms with E-state index in [9.17, 15) is 0 Å². The molecule has 0 spiro atoms. The molecule has 7 heavy (non-hydrogen) atoms. The van der Waals surface area contributed by atoms with Crippen molar-refractivity contribution < 1.29 is 4.74 Å². The molecule has 3 heteroatoms. The average molecular weight is 99.1 g/mol. The summed E-state index contributed by atoms with van der Waals surface area (Å²) in [6.07, 6.45) is 1.54. The first-order valence-corrected chi connectivity index (χ1v) is 2.14. The van der Waals surface area contributed by atoms with Crippen molar-refractivity contribution in [1.82, 2.24) is 5.32 Å². The second-order valence-corrected chi connectivity index (χ2v) is 1.26. The molecule has 0 amide bonds. The van der Waals surface area contributed by atoms with Crippen molar-refractivity contribution in [2.45, 2.75) is 6.35 Å². The van der Waals surface area contributed by atoms with Crippen molar-refractivity contribution in [3.8, 4) is 0 Å². The van der Waals surface area contributed by atoms with Gasteiger partial charge in [-0.15, -0.1) is 0 Å². The van der Waals surface area contributed by atoms with E-state index < -0.39 is 0 Å². The van der Waals surface area contributed by atoms with Crippen LogP contribution in [0.5, 0.6) is 0 Å². The first-order chi connectivity index (χ1) is 3.43. The van der Waals surface area contributed by atoms with E-state index in [0.29, 0.717) is 6.54 Å². The molecule has 0 bridgehead atoms. The summed E-state index contributed by atoms with van der Waals surface area (Å²) >= 11 is 0. The van der Waals surface area contributed by atoms with Crippen LogP contribution in [0.1, 0.15) is 0 Å². The van der Waals surface area contributed by atoms with Crippen LogP contribution in [0, 0.1) is 0 Å². The van der Waals surface area contributed by atoms with Crippen LogP contribution in [0.3, 0.4) is 0 Å². The lowest BCUT2D eigenvalue weighted by molar-refractivity contribution is 0.0904. The average Bonchev–Trinajstić information content (AvgIpc) is 2.14. The van der Waals surface area contributed by atoms with Crippen LogP contribution in [-0.4, -0.2) is 26.2 Å². The monoisotopic (exact) mass is 99.1 g/mol. The van der Waals surface area contributed by atoms with E-state index in [1.807, 2.05) is 0 Å². The summed E-state index contributed by atoms with van der Waals surface area (Å²) in [7, 11) is 1.59. The number of hydrogen-bond acceptors (Lipinski definition) is 2. The van der Waals surface area contributed by atoms with Crippen LogP contribution >= 0.6 is 0 Å². The highest BCUT2D eigenvalue weighted by molar-refractivity contribution is 5.61. The highest BCUT2D eigenvalue weighted by Gasteiger charge is 2.06. The van der Waals surface area contributed by atoms with E-state index >= 15 is 0 Å². The predicted octanol–water partition coefficient (Wildman–Crippen LogP) is -0.395. The Morgan fingerprint density at radius 2 is 2.71 bits per heavy atom. The number of aliphatic imine (C=N–C) groups is 1. The van der Waals surface area contributed by atoms with Crippen LogP contribution in [0.25, 0.3) is 0 Å². The molecule has 0 aromatic carbocycles. The number of rotatable bonds is 1. The van der Waals surface area contributed by atoms with E-state index in [0.717, 1.165) is 0 Å². The van der Waals surface area contributed by atoms with Crippen molar-refractivity contribution in [3.63, 3.8) is 0 Å². The van der Waals surface area contributed by atoms with Crippen molar-refractivity contribution >= 4 is 6.21 Å². The van der Waals surface area contributed by atoms with Crippen LogP contribution in [0.2, 0.25) is 0 Å². The zero-order chi connectivity index (χ0) is 5.11. The first kappa shape index (κ1) is 4.74. The molecule has 3 nitrogen and oxygen atoms in total. The highest BCUT2D eigenvalue weighted by atomic mass is 16.5. The minimum Gasteiger partial charge on any atom is -0.346 e. The molecule has 1 unspecified atom stereocenters. The van der Waals surface area contributed by atoms with Gasteiger partial charge in [0.1, 0.15) is 0 Å². The summed E-state index contributed by atoms with van der Waals surface area (Å²) in [5, 5.41) is 3.91. The minimum atomic E-state index is -0.208. The maximum Gasteiger partial charge on any atom is 0.219 e. The Hall–Kier alpha value is -0.410. The normalized spacial score (nSPS) is 29.0. The standard InChI is InChI=1S/C4H7N2O/c1-7-4-5-2-3-6-4/h2,4H,3H2,1H3. The zero-order valence-electron chi connectivity index (χ0n) is 4.16. The Balaban J connectivity index is 2.28. The third-order valence-corrected chi connectivity index (χ3v) is 0.787. The molecule has 0 saturated heterocycles. The Morgan fingerprint density at radius 1 is 1.86 bits per heavy atom. The van der Waals surface area contributed by atoms with Gasteiger partial charge < -0.3 is 4.74 Å². The molecular formula is C4H7N2O. The van der Waals surface area contributed by atoms with Crippen molar-refractivity contribution in [2.24, 2.45) is 4.99 Å². The second-order valence-electron chi connectivity index (χ2n) is 1.26. The second kappa shape index (κ2) is 2.04. The molecular weight excluding hydrogens is 92.1 g/mol. The molecule has 39 valence electrons. The minimum absolute atomic E-state index is 0.208. The van der Waals surface area contributed by atoms with Crippen LogP contribution < -0.4 is 5.32 Å².